The van der Waals surface area contributed by atoms with E-state index in [9.17, 15) is 0 Å². The van der Waals surface area contributed by atoms with E-state index in [4.69, 9.17) is 5.73 Å². The molecular weight excluding hydrogens is 186 g/mol. The van der Waals surface area contributed by atoms with Crippen molar-refractivity contribution in [1.82, 2.24) is 9.88 Å². The van der Waals surface area contributed by atoms with Crippen LogP contribution in [0.5, 0.6) is 0 Å². The summed E-state index contributed by atoms with van der Waals surface area (Å²) in [6.45, 7) is 3.03. The van der Waals surface area contributed by atoms with Crippen LogP contribution in [0.3, 0.4) is 0 Å². The van der Waals surface area contributed by atoms with E-state index in [1.54, 1.807) is 0 Å². The fraction of sp³-hybridized carbons (Fsp3) is 0.583. The SMILES string of the molecule is NCCC1CCCN1Cc1cccnc1. The molecule has 1 atom stereocenters. The van der Waals surface area contributed by atoms with Crippen LogP contribution in [0.15, 0.2) is 24.5 Å². The van der Waals surface area contributed by atoms with Gasteiger partial charge in [-0.25, -0.2) is 0 Å². The highest BCUT2D eigenvalue weighted by molar-refractivity contribution is 5.08. The van der Waals surface area contributed by atoms with Crippen molar-refractivity contribution in [3.05, 3.63) is 30.1 Å². The molecule has 82 valence electrons. The Morgan fingerprint density at radius 3 is 3.20 bits per heavy atom. The monoisotopic (exact) mass is 205 g/mol. The van der Waals surface area contributed by atoms with Gasteiger partial charge in [0, 0.05) is 25.0 Å². The van der Waals surface area contributed by atoms with Crippen molar-refractivity contribution in [3.8, 4) is 0 Å². The second kappa shape index (κ2) is 5.24. The molecule has 0 amide bonds. The van der Waals surface area contributed by atoms with Crippen molar-refractivity contribution >= 4 is 0 Å². The maximum absolute atomic E-state index is 5.62. The van der Waals surface area contributed by atoms with Crippen LogP contribution in [0.4, 0.5) is 0 Å². The van der Waals surface area contributed by atoms with E-state index in [0.29, 0.717) is 6.04 Å². The van der Waals surface area contributed by atoms with Gasteiger partial charge in [0.15, 0.2) is 0 Å². The molecule has 3 nitrogen and oxygen atoms in total. The molecule has 0 bridgehead atoms. The van der Waals surface area contributed by atoms with Gasteiger partial charge in [-0.15, -0.1) is 0 Å². The van der Waals surface area contributed by atoms with Crippen LogP contribution in [-0.2, 0) is 6.54 Å². The topological polar surface area (TPSA) is 42.1 Å². The summed E-state index contributed by atoms with van der Waals surface area (Å²) in [5.74, 6) is 0. The molecule has 2 N–H and O–H groups in total. The zero-order chi connectivity index (χ0) is 10.5. The molecule has 1 saturated heterocycles. The van der Waals surface area contributed by atoms with Crippen molar-refractivity contribution in [3.63, 3.8) is 0 Å². The molecule has 0 aliphatic carbocycles. The number of hydrogen-bond donors (Lipinski definition) is 1. The molecule has 1 fully saturated rings. The first kappa shape index (κ1) is 10.6. The maximum Gasteiger partial charge on any atom is 0.0312 e. The molecule has 1 aliphatic rings. The van der Waals surface area contributed by atoms with E-state index >= 15 is 0 Å². The number of nitrogens with two attached hydrogens (primary N) is 1. The number of aromatic nitrogens is 1. The van der Waals surface area contributed by atoms with Gasteiger partial charge in [-0.2, -0.15) is 0 Å². The van der Waals surface area contributed by atoms with Gasteiger partial charge in [-0.05, 0) is 44.0 Å². The lowest BCUT2D eigenvalue weighted by molar-refractivity contribution is 0.236. The first-order chi connectivity index (χ1) is 7.40. The first-order valence-electron chi connectivity index (χ1n) is 5.73. The normalized spacial score (nSPS) is 22.1. The highest BCUT2D eigenvalue weighted by atomic mass is 15.2. The highest BCUT2D eigenvalue weighted by Crippen LogP contribution is 2.21. The van der Waals surface area contributed by atoms with E-state index < -0.39 is 0 Å². The average Bonchev–Trinajstić information content (AvgIpc) is 2.68. The van der Waals surface area contributed by atoms with E-state index in [1.807, 2.05) is 18.5 Å². The second-order valence-corrected chi connectivity index (χ2v) is 4.21. The number of likely N-dealkylation sites (tertiary alicyclic amines) is 1. The minimum atomic E-state index is 0.690. The zero-order valence-corrected chi connectivity index (χ0v) is 9.10. The summed E-state index contributed by atoms with van der Waals surface area (Å²) in [6, 6.07) is 4.84. The third kappa shape index (κ3) is 2.76. The van der Waals surface area contributed by atoms with Gasteiger partial charge in [-0.3, -0.25) is 9.88 Å². The summed E-state index contributed by atoms with van der Waals surface area (Å²) in [5, 5.41) is 0. The standard InChI is InChI=1S/C12H19N3/c13-6-5-12-4-2-8-15(12)10-11-3-1-7-14-9-11/h1,3,7,9,12H,2,4-6,8,10,13H2. The molecule has 0 radical (unpaired) electrons. The Morgan fingerprint density at radius 2 is 2.47 bits per heavy atom. The molecule has 1 aromatic rings. The lowest BCUT2D eigenvalue weighted by atomic mass is 10.1. The molecule has 3 heteroatoms. The molecule has 2 heterocycles. The molecule has 15 heavy (non-hydrogen) atoms. The number of pyridine rings is 1. The van der Waals surface area contributed by atoms with Crippen LogP contribution >= 0.6 is 0 Å². The van der Waals surface area contributed by atoms with Gasteiger partial charge in [-0.1, -0.05) is 6.07 Å². The zero-order valence-electron chi connectivity index (χ0n) is 9.10. The summed E-state index contributed by atoms with van der Waals surface area (Å²) in [4.78, 5) is 6.68. The number of hydrogen-bond acceptors (Lipinski definition) is 3. The Balaban J connectivity index is 1.93. The van der Waals surface area contributed by atoms with Gasteiger partial charge >= 0.3 is 0 Å². The van der Waals surface area contributed by atoms with Gasteiger partial charge in [0.05, 0.1) is 0 Å². The highest BCUT2D eigenvalue weighted by Gasteiger charge is 2.23. The Hall–Kier alpha value is -0.930. The van der Waals surface area contributed by atoms with Crippen LogP contribution in [0.2, 0.25) is 0 Å². The van der Waals surface area contributed by atoms with Crippen LogP contribution < -0.4 is 5.73 Å². The van der Waals surface area contributed by atoms with Gasteiger partial charge in [0.2, 0.25) is 0 Å². The first-order valence-corrected chi connectivity index (χ1v) is 5.73. The summed E-state index contributed by atoms with van der Waals surface area (Å²) in [5.41, 5.74) is 6.93. The molecule has 2 rings (SSSR count). The van der Waals surface area contributed by atoms with Crippen LogP contribution in [0.25, 0.3) is 0 Å². The van der Waals surface area contributed by atoms with Crippen molar-refractivity contribution in [1.29, 1.82) is 0 Å². The van der Waals surface area contributed by atoms with Gasteiger partial charge in [0.1, 0.15) is 0 Å². The van der Waals surface area contributed by atoms with Crippen molar-refractivity contribution in [2.24, 2.45) is 5.73 Å². The minimum Gasteiger partial charge on any atom is -0.330 e. The fourth-order valence-corrected chi connectivity index (χ4v) is 2.35. The predicted octanol–water partition coefficient (Wildman–Crippen LogP) is 1.39. The lowest BCUT2D eigenvalue weighted by Gasteiger charge is -2.23. The smallest absolute Gasteiger partial charge is 0.0312 e. The lowest BCUT2D eigenvalue weighted by Crippen LogP contribution is -2.30. The quantitative estimate of drug-likeness (QED) is 0.807. The minimum absolute atomic E-state index is 0.690. The summed E-state index contributed by atoms with van der Waals surface area (Å²) >= 11 is 0. The Bertz CT molecular complexity index is 286. The van der Waals surface area contributed by atoms with Crippen molar-refractivity contribution in [2.45, 2.75) is 31.8 Å². The van der Waals surface area contributed by atoms with Gasteiger partial charge in [0.25, 0.3) is 0 Å². The molecule has 0 spiro atoms. The molecule has 1 aromatic heterocycles. The molecule has 1 unspecified atom stereocenters. The average molecular weight is 205 g/mol. The summed E-state index contributed by atoms with van der Waals surface area (Å²) in [6.07, 6.45) is 7.52. The Kier molecular flexibility index (Phi) is 3.69. The maximum atomic E-state index is 5.62. The van der Waals surface area contributed by atoms with E-state index in [-0.39, 0.29) is 0 Å². The van der Waals surface area contributed by atoms with Gasteiger partial charge < -0.3 is 5.73 Å². The predicted molar refractivity (Wildman–Crippen MR) is 61.3 cm³/mol. The fourth-order valence-electron chi connectivity index (χ4n) is 2.35. The largest absolute Gasteiger partial charge is 0.330 e. The molecule has 1 aliphatic heterocycles. The third-order valence-electron chi connectivity index (χ3n) is 3.11. The van der Waals surface area contributed by atoms with Crippen LogP contribution in [-0.4, -0.2) is 29.0 Å². The van der Waals surface area contributed by atoms with E-state index in [0.717, 1.165) is 19.5 Å². The molecular formula is C12H19N3. The molecule has 0 saturated carbocycles. The summed E-state index contributed by atoms with van der Waals surface area (Å²) < 4.78 is 0. The van der Waals surface area contributed by atoms with E-state index in [1.165, 1.54) is 24.9 Å². The van der Waals surface area contributed by atoms with E-state index in [2.05, 4.69) is 16.0 Å². The summed E-state index contributed by atoms with van der Waals surface area (Å²) in [7, 11) is 0. The van der Waals surface area contributed by atoms with Crippen molar-refractivity contribution < 1.29 is 0 Å². The van der Waals surface area contributed by atoms with Crippen molar-refractivity contribution in [2.75, 3.05) is 13.1 Å². The third-order valence-corrected chi connectivity index (χ3v) is 3.11. The van der Waals surface area contributed by atoms with Crippen LogP contribution in [0, 0.1) is 0 Å². The number of nitrogens with zero attached hydrogens (tertiary/aromatic N) is 2. The Labute approximate surface area is 91.3 Å². The second-order valence-electron chi connectivity index (χ2n) is 4.21. The Morgan fingerprint density at radius 1 is 1.53 bits per heavy atom. The number of rotatable bonds is 4. The molecule has 0 aromatic carbocycles. The van der Waals surface area contributed by atoms with Crippen LogP contribution in [0.1, 0.15) is 24.8 Å².